The van der Waals surface area contributed by atoms with Gasteiger partial charge in [-0.1, -0.05) is 35.5 Å². The van der Waals surface area contributed by atoms with Crippen molar-refractivity contribution >= 4 is 11.8 Å². The smallest absolute Gasteiger partial charge is 0.238 e. The number of aromatic amines is 1. The summed E-state index contributed by atoms with van der Waals surface area (Å²) < 4.78 is 5.04. The van der Waals surface area contributed by atoms with E-state index in [4.69, 9.17) is 4.52 Å². The molecule has 0 bridgehead atoms. The highest BCUT2D eigenvalue weighted by Crippen LogP contribution is 2.21. The van der Waals surface area contributed by atoms with Gasteiger partial charge in [-0.25, -0.2) is 4.98 Å². The van der Waals surface area contributed by atoms with Crippen LogP contribution in [-0.2, 0) is 9.59 Å². The summed E-state index contributed by atoms with van der Waals surface area (Å²) in [4.78, 5) is 36.0. The molecule has 4 N–H and O–H groups in total. The Morgan fingerprint density at radius 2 is 2.06 bits per heavy atom. The van der Waals surface area contributed by atoms with E-state index in [0.29, 0.717) is 18.1 Å². The van der Waals surface area contributed by atoms with E-state index in [-0.39, 0.29) is 24.1 Å². The van der Waals surface area contributed by atoms with E-state index >= 15 is 0 Å². The quantitative estimate of drug-likeness (QED) is 0.336. The van der Waals surface area contributed by atoms with Crippen molar-refractivity contribution in [1.82, 2.24) is 30.7 Å². The van der Waals surface area contributed by atoms with Crippen LogP contribution < -0.4 is 10.6 Å². The van der Waals surface area contributed by atoms with Crippen LogP contribution >= 0.6 is 0 Å². The molecule has 10 nitrogen and oxygen atoms in total. The molecule has 0 spiro atoms. The minimum absolute atomic E-state index is 0.0930. The number of aliphatic hydroxyl groups excluding tert-OH is 1. The molecular weight excluding hydrogens is 460 g/mol. The number of aryl methyl sites for hydroxylation is 1. The summed E-state index contributed by atoms with van der Waals surface area (Å²) in [7, 11) is 0. The Morgan fingerprint density at radius 3 is 2.75 bits per heavy atom. The lowest BCUT2D eigenvalue weighted by Crippen LogP contribution is -2.51. The number of amides is 2. The SMILES string of the molecule is Cc1cc(C(O)N[C@@H](CC(=O)N2CCCC[C@@H]2C)C(=O)N[C@@H](C)c2ncc(-c3ccccc3)[nH]2)no1. The number of H-pyrrole nitrogens is 1. The number of hydrogen-bond donors (Lipinski definition) is 4. The lowest BCUT2D eigenvalue weighted by molar-refractivity contribution is -0.138. The molecule has 1 saturated heterocycles. The molecule has 0 aliphatic carbocycles. The minimum atomic E-state index is -1.27. The molecule has 1 aromatic carbocycles. The standard InChI is InChI=1S/C26H34N6O4/c1-16-9-7-8-12-32(16)23(33)14-20(30-26(35)21-13-17(2)36-31-21)25(34)28-18(3)24-27-15-22(29-24)19-10-5-4-6-11-19/h4-6,10-11,13,15-16,18,20,26,30,35H,7-9,12,14H2,1-3H3,(H,27,29)(H,28,34)/t16-,18-,20-,26?/m0/s1. The van der Waals surface area contributed by atoms with Crippen molar-refractivity contribution < 1.29 is 19.2 Å². The van der Waals surface area contributed by atoms with Gasteiger partial charge in [0.05, 0.1) is 30.4 Å². The molecule has 3 heterocycles. The summed E-state index contributed by atoms with van der Waals surface area (Å²) in [5, 5.41) is 20.3. The van der Waals surface area contributed by atoms with Gasteiger partial charge < -0.3 is 24.8 Å². The number of nitrogens with one attached hydrogen (secondary N) is 3. The highest BCUT2D eigenvalue weighted by Gasteiger charge is 2.31. The van der Waals surface area contributed by atoms with Crippen molar-refractivity contribution in [1.29, 1.82) is 0 Å². The number of rotatable bonds is 9. The zero-order chi connectivity index (χ0) is 25.7. The van der Waals surface area contributed by atoms with Crippen molar-refractivity contribution in [2.45, 2.75) is 70.8 Å². The first-order valence-corrected chi connectivity index (χ1v) is 12.4. The number of likely N-dealkylation sites (tertiary alicyclic amines) is 1. The Morgan fingerprint density at radius 1 is 1.28 bits per heavy atom. The van der Waals surface area contributed by atoms with Gasteiger partial charge in [-0.3, -0.25) is 14.9 Å². The Balaban J connectivity index is 1.47. The Bertz CT molecular complexity index is 1160. The number of carbonyl (C=O) groups excluding carboxylic acids is 2. The maximum atomic E-state index is 13.3. The van der Waals surface area contributed by atoms with Gasteiger partial charge in [0, 0.05) is 18.7 Å². The normalized spacial score (nSPS) is 18.4. The third-order valence-electron chi connectivity index (χ3n) is 6.55. The zero-order valence-corrected chi connectivity index (χ0v) is 20.9. The average Bonchev–Trinajstić information content (AvgIpc) is 3.54. The number of imidazole rings is 1. The number of hydrogen-bond acceptors (Lipinski definition) is 7. The largest absolute Gasteiger partial charge is 0.372 e. The number of carbonyl (C=O) groups is 2. The molecular formula is C26H34N6O4. The highest BCUT2D eigenvalue weighted by molar-refractivity contribution is 5.88. The predicted molar refractivity (Wildman–Crippen MR) is 133 cm³/mol. The third-order valence-corrected chi connectivity index (χ3v) is 6.55. The fourth-order valence-electron chi connectivity index (χ4n) is 4.48. The molecule has 0 saturated carbocycles. The second-order valence-corrected chi connectivity index (χ2v) is 9.40. The van der Waals surface area contributed by atoms with Crippen molar-refractivity contribution in [3.63, 3.8) is 0 Å². The van der Waals surface area contributed by atoms with E-state index in [0.717, 1.165) is 30.5 Å². The zero-order valence-electron chi connectivity index (χ0n) is 20.9. The lowest BCUT2D eigenvalue weighted by Gasteiger charge is -2.34. The van der Waals surface area contributed by atoms with E-state index in [1.54, 1.807) is 19.2 Å². The van der Waals surface area contributed by atoms with Gasteiger partial charge in [-0.05, 0) is 45.6 Å². The first kappa shape index (κ1) is 25.6. The molecule has 0 radical (unpaired) electrons. The number of benzene rings is 1. The van der Waals surface area contributed by atoms with E-state index in [2.05, 4.69) is 25.8 Å². The number of nitrogens with zero attached hydrogens (tertiary/aromatic N) is 3. The van der Waals surface area contributed by atoms with E-state index in [1.165, 1.54) is 0 Å². The fourth-order valence-corrected chi connectivity index (χ4v) is 4.48. The maximum absolute atomic E-state index is 13.3. The summed E-state index contributed by atoms with van der Waals surface area (Å²) in [6.07, 6.45) is 3.33. The molecule has 1 aliphatic rings. The van der Waals surface area contributed by atoms with Gasteiger partial charge in [0.1, 0.15) is 17.3 Å². The first-order chi connectivity index (χ1) is 17.3. The molecule has 10 heteroatoms. The number of piperidine rings is 1. The second kappa shape index (κ2) is 11.5. The molecule has 1 fully saturated rings. The van der Waals surface area contributed by atoms with Crippen LogP contribution in [0.3, 0.4) is 0 Å². The van der Waals surface area contributed by atoms with Gasteiger partial charge in [0.25, 0.3) is 0 Å². The van der Waals surface area contributed by atoms with Crippen LogP contribution in [0.5, 0.6) is 0 Å². The average molecular weight is 495 g/mol. The van der Waals surface area contributed by atoms with E-state index in [9.17, 15) is 14.7 Å². The van der Waals surface area contributed by atoms with Gasteiger partial charge in [-0.2, -0.15) is 0 Å². The molecule has 2 amide bonds. The van der Waals surface area contributed by atoms with Crippen LogP contribution in [0.4, 0.5) is 0 Å². The van der Waals surface area contributed by atoms with Crippen molar-refractivity contribution in [2.75, 3.05) is 6.54 Å². The van der Waals surface area contributed by atoms with Crippen LogP contribution in [-0.4, -0.2) is 55.6 Å². The molecule has 3 aromatic rings. The summed E-state index contributed by atoms with van der Waals surface area (Å²) in [6, 6.07) is 10.0. The molecule has 4 atom stereocenters. The molecule has 4 rings (SSSR count). The Hall–Kier alpha value is -3.50. The summed E-state index contributed by atoms with van der Waals surface area (Å²) in [5.74, 6) is 0.572. The third kappa shape index (κ3) is 6.19. The Kier molecular flexibility index (Phi) is 8.17. The minimum Gasteiger partial charge on any atom is -0.372 e. The van der Waals surface area contributed by atoms with Gasteiger partial charge in [0.15, 0.2) is 6.23 Å². The lowest BCUT2D eigenvalue weighted by atomic mass is 10.0. The number of aliphatic hydroxyl groups is 1. The maximum Gasteiger partial charge on any atom is 0.238 e. The topological polar surface area (TPSA) is 136 Å². The number of aromatic nitrogens is 3. The monoisotopic (exact) mass is 494 g/mol. The fraction of sp³-hybridized carbons (Fsp3) is 0.462. The van der Waals surface area contributed by atoms with Crippen LogP contribution in [0, 0.1) is 6.92 Å². The van der Waals surface area contributed by atoms with Gasteiger partial charge in [0.2, 0.25) is 11.8 Å². The molecule has 36 heavy (non-hydrogen) atoms. The summed E-state index contributed by atoms with van der Waals surface area (Å²) >= 11 is 0. The molecule has 2 aromatic heterocycles. The predicted octanol–water partition coefficient (Wildman–Crippen LogP) is 2.99. The van der Waals surface area contributed by atoms with Crippen LogP contribution in [0.1, 0.15) is 69.1 Å². The van der Waals surface area contributed by atoms with Crippen LogP contribution in [0.15, 0.2) is 47.1 Å². The highest BCUT2D eigenvalue weighted by atomic mass is 16.5. The van der Waals surface area contributed by atoms with Crippen molar-refractivity contribution in [3.8, 4) is 11.3 Å². The first-order valence-electron chi connectivity index (χ1n) is 12.4. The Labute approximate surface area is 210 Å². The van der Waals surface area contributed by atoms with E-state index in [1.807, 2.05) is 49.1 Å². The van der Waals surface area contributed by atoms with Crippen LogP contribution in [0.25, 0.3) is 11.3 Å². The van der Waals surface area contributed by atoms with Crippen LogP contribution in [0.2, 0.25) is 0 Å². The molecule has 192 valence electrons. The van der Waals surface area contributed by atoms with Crippen molar-refractivity contribution in [3.05, 3.63) is 59.9 Å². The molecule has 1 aliphatic heterocycles. The van der Waals surface area contributed by atoms with Gasteiger partial charge >= 0.3 is 0 Å². The molecule has 1 unspecified atom stereocenters. The second-order valence-electron chi connectivity index (χ2n) is 9.40. The van der Waals surface area contributed by atoms with E-state index < -0.39 is 24.2 Å². The summed E-state index contributed by atoms with van der Waals surface area (Å²) in [5.41, 5.74) is 2.07. The van der Waals surface area contributed by atoms with Gasteiger partial charge in [-0.15, -0.1) is 0 Å². The summed E-state index contributed by atoms with van der Waals surface area (Å²) in [6.45, 7) is 6.22. The van der Waals surface area contributed by atoms with Crippen molar-refractivity contribution in [2.24, 2.45) is 0 Å².